The van der Waals surface area contributed by atoms with E-state index in [1.165, 1.54) is 33.3 Å². The number of carbonyl (C=O) groups is 4. The van der Waals surface area contributed by atoms with Gasteiger partial charge in [0, 0.05) is 33.6 Å². The van der Waals surface area contributed by atoms with E-state index in [2.05, 4.69) is 47.6 Å². The maximum atomic E-state index is 12.6. The van der Waals surface area contributed by atoms with E-state index >= 15 is 0 Å². The summed E-state index contributed by atoms with van der Waals surface area (Å²) in [4.78, 5) is 49.9. The second-order valence-corrected chi connectivity index (χ2v) is 17.2. The van der Waals surface area contributed by atoms with Crippen molar-refractivity contribution >= 4 is 23.9 Å². The third-order valence-electron chi connectivity index (χ3n) is 14.7. The number of hydrogen-bond acceptors (Lipinski definition) is 9. The lowest BCUT2D eigenvalue weighted by molar-refractivity contribution is -0.269. The van der Waals surface area contributed by atoms with E-state index in [9.17, 15) is 24.3 Å². The first-order valence-electron chi connectivity index (χ1n) is 17.7. The molecular weight excluding hydrogens is 600 g/mol. The minimum atomic E-state index is -1.14. The predicted octanol–water partition coefficient (Wildman–Crippen LogP) is 6.34. The van der Waals surface area contributed by atoms with E-state index in [0.717, 1.165) is 38.5 Å². The maximum Gasteiger partial charge on any atom is 0.303 e. The van der Waals surface area contributed by atoms with Gasteiger partial charge in [-0.1, -0.05) is 46.3 Å². The molecule has 264 valence electrons. The van der Waals surface area contributed by atoms with Gasteiger partial charge < -0.3 is 24.1 Å². The molecule has 9 nitrogen and oxygen atoms in total. The summed E-state index contributed by atoms with van der Waals surface area (Å²) in [5, 5.41) is 12.2. The normalized spacial score (nSPS) is 45.0. The van der Waals surface area contributed by atoms with Gasteiger partial charge in [-0.3, -0.25) is 19.2 Å². The highest BCUT2D eigenvalue weighted by Gasteiger charge is 2.73. The summed E-state index contributed by atoms with van der Waals surface area (Å²) in [5.41, 5.74) is -1.32. The van der Waals surface area contributed by atoms with Crippen LogP contribution in [0, 0.1) is 50.7 Å². The van der Waals surface area contributed by atoms with Crippen molar-refractivity contribution in [3.05, 3.63) is 11.6 Å². The molecule has 5 rings (SSSR count). The molecule has 0 aromatic carbocycles. The molecule has 0 aliphatic heterocycles. The standard InChI is InChI=1S/C38H58O9/c1-22-13-15-33(6)17-18-35(8)27(31(33)37(22,10)43)11-12-29-34(7)19-28(46-25(4)41)32(47-26(5)42)38(20-44-23(2)39,21-45-24(3)40)30(34)14-16-36(29,35)9/h11,22,28-32,43H,12-21H2,1-10H3/t22-,28-,29-,30+,31-,32+,33-,34-,35-,36-,37-/m1/s1. The van der Waals surface area contributed by atoms with E-state index in [1.54, 1.807) is 0 Å². The molecule has 4 fully saturated rings. The lowest BCUT2D eigenvalue weighted by Crippen LogP contribution is -2.71. The molecule has 0 aromatic rings. The summed E-state index contributed by atoms with van der Waals surface area (Å²) < 4.78 is 23.5. The van der Waals surface area contributed by atoms with Crippen molar-refractivity contribution in [2.45, 2.75) is 138 Å². The molecule has 4 saturated carbocycles. The van der Waals surface area contributed by atoms with Gasteiger partial charge in [-0.2, -0.15) is 0 Å². The van der Waals surface area contributed by atoms with Crippen molar-refractivity contribution in [2.75, 3.05) is 13.2 Å². The smallest absolute Gasteiger partial charge is 0.303 e. The largest absolute Gasteiger partial charge is 0.465 e. The van der Waals surface area contributed by atoms with E-state index in [4.69, 9.17) is 18.9 Å². The molecular formula is C38H58O9. The Morgan fingerprint density at radius 3 is 1.94 bits per heavy atom. The van der Waals surface area contributed by atoms with Crippen molar-refractivity contribution in [1.82, 2.24) is 0 Å². The molecule has 0 aromatic heterocycles. The number of carbonyl (C=O) groups excluding carboxylic acids is 4. The van der Waals surface area contributed by atoms with Crippen LogP contribution in [0.2, 0.25) is 0 Å². The summed E-state index contributed by atoms with van der Waals surface area (Å²) >= 11 is 0. The molecule has 0 unspecified atom stereocenters. The molecule has 0 bridgehead atoms. The molecule has 9 heteroatoms. The average Bonchev–Trinajstić information content (AvgIpc) is 2.94. The van der Waals surface area contributed by atoms with Gasteiger partial charge in [0.2, 0.25) is 0 Å². The van der Waals surface area contributed by atoms with Gasteiger partial charge >= 0.3 is 23.9 Å². The molecule has 0 radical (unpaired) electrons. The molecule has 1 N–H and O–H groups in total. The summed E-state index contributed by atoms with van der Waals surface area (Å²) in [6.45, 7) is 18.7. The number of fused-ring (bicyclic) bond motifs is 7. The van der Waals surface area contributed by atoms with Crippen LogP contribution in [0.15, 0.2) is 11.6 Å². The highest BCUT2D eigenvalue weighted by Crippen LogP contribution is 2.76. The molecule has 5 aliphatic rings. The van der Waals surface area contributed by atoms with Crippen LogP contribution in [0.3, 0.4) is 0 Å². The zero-order valence-electron chi connectivity index (χ0n) is 30.3. The van der Waals surface area contributed by atoms with Crippen LogP contribution in [-0.4, -0.2) is 60.0 Å². The zero-order chi connectivity index (χ0) is 35.0. The monoisotopic (exact) mass is 658 g/mol. The van der Waals surface area contributed by atoms with Crippen molar-refractivity contribution < 1.29 is 43.2 Å². The predicted molar refractivity (Wildman–Crippen MR) is 175 cm³/mol. The Balaban J connectivity index is 1.68. The second kappa shape index (κ2) is 11.9. The van der Waals surface area contributed by atoms with Crippen LogP contribution in [0.25, 0.3) is 0 Å². The summed E-state index contributed by atoms with van der Waals surface area (Å²) in [7, 11) is 0. The Labute approximate surface area is 280 Å². The molecule has 47 heavy (non-hydrogen) atoms. The van der Waals surface area contributed by atoms with Crippen LogP contribution in [0.1, 0.15) is 121 Å². The number of rotatable bonds is 6. The fourth-order valence-electron chi connectivity index (χ4n) is 12.1. The number of esters is 4. The van der Waals surface area contributed by atoms with Crippen LogP contribution >= 0.6 is 0 Å². The minimum Gasteiger partial charge on any atom is -0.465 e. The van der Waals surface area contributed by atoms with E-state index in [0.29, 0.717) is 12.8 Å². The Morgan fingerprint density at radius 1 is 0.787 bits per heavy atom. The van der Waals surface area contributed by atoms with Crippen molar-refractivity contribution in [3.63, 3.8) is 0 Å². The molecule has 11 atom stereocenters. The van der Waals surface area contributed by atoms with E-state index in [1.807, 2.05) is 0 Å². The summed E-state index contributed by atoms with van der Waals surface area (Å²) in [6, 6.07) is 0. The lowest BCUT2D eigenvalue weighted by Gasteiger charge is -2.72. The topological polar surface area (TPSA) is 125 Å². The Hall–Kier alpha value is -2.42. The fraction of sp³-hybridized carbons (Fsp3) is 0.842. The third kappa shape index (κ3) is 5.45. The molecule has 0 heterocycles. The lowest BCUT2D eigenvalue weighted by atomic mass is 9.33. The Bertz CT molecular complexity index is 1310. The van der Waals surface area contributed by atoms with Crippen molar-refractivity contribution in [1.29, 1.82) is 0 Å². The molecule has 0 spiro atoms. The van der Waals surface area contributed by atoms with Gasteiger partial charge in [0.05, 0.1) is 11.0 Å². The van der Waals surface area contributed by atoms with Crippen molar-refractivity contribution in [3.8, 4) is 0 Å². The van der Waals surface area contributed by atoms with Crippen LogP contribution in [0.5, 0.6) is 0 Å². The van der Waals surface area contributed by atoms with Crippen LogP contribution < -0.4 is 0 Å². The Kier molecular flexibility index (Phi) is 9.06. The first-order valence-corrected chi connectivity index (χ1v) is 17.7. The van der Waals surface area contributed by atoms with Crippen molar-refractivity contribution in [2.24, 2.45) is 50.7 Å². The van der Waals surface area contributed by atoms with Gasteiger partial charge in [-0.05, 0) is 97.7 Å². The number of hydrogen-bond donors (Lipinski definition) is 1. The van der Waals surface area contributed by atoms with Crippen LogP contribution in [-0.2, 0) is 38.1 Å². The van der Waals surface area contributed by atoms with Crippen LogP contribution in [0.4, 0.5) is 0 Å². The minimum absolute atomic E-state index is 0.0391. The quantitative estimate of drug-likeness (QED) is 0.198. The van der Waals surface area contributed by atoms with E-state index < -0.39 is 52.5 Å². The maximum absolute atomic E-state index is 12.6. The van der Waals surface area contributed by atoms with Gasteiger partial charge in [0.25, 0.3) is 0 Å². The first-order chi connectivity index (χ1) is 21.7. The van der Waals surface area contributed by atoms with Gasteiger partial charge in [0.1, 0.15) is 19.3 Å². The van der Waals surface area contributed by atoms with Gasteiger partial charge in [-0.25, -0.2) is 0 Å². The summed E-state index contributed by atoms with van der Waals surface area (Å²) in [6.07, 6.45) is 7.64. The number of ether oxygens (including phenoxy) is 4. The fourth-order valence-corrected chi connectivity index (χ4v) is 12.1. The molecule has 0 saturated heterocycles. The van der Waals surface area contributed by atoms with Gasteiger partial charge in [-0.15, -0.1) is 0 Å². The third-order valence-corrected chi connectivity index (χ3v) is 14.7. The number of aliphatic hydroxyl groups is 1. The second-order valence-electron chi connectivity index (χ2n) is 17.2. The SMILES string of the molecule is CC(=O)OCC1(COC(C)=O)[C@H]2CC[C@]3(C)[C@H](CC=C4[C@@H]5[C@](C)(CC[C@@H](C)[C@@]5(C)O)CC[C@]43C)[C@@]2(C)C[C@@H](OC(C)=O)[C@@H]1OC(C)=O. The highest BCUT2D eigenvalue weighted by atomic mass is 16.6. The summed E-state index contributed by atoms with van der Waals surface area (Å²) in [5.74, 6) is -1.84. The highest BCUT2D eigenvalue weighted by molar-refractivity contribution is 5.68. The first kappa shape index (κ1) is 35.9. The molecule has 5 aliphatic carbocycles. The zero-order valence-corrected chi connectivity index (χ0v) is 30.3. The number of allylic oxidation sites excluding steroid dienone is 1. The average molecular weight is 659 g/mol. The van der Waals surface area contributed by atoms with Gasteiger partial charge in [0.15, 0.2) is 6.10 Å². The molecule has 0 amide bonds. The Morgan fingerprint density at radius 2 is 1.38 bits per heavy atom. The van der Waals surface area contributed by atoms with E-state index in [-0.39, 0.29) is 53.1 Å².